The third-order valence-electron chi connectivity index (χ3n) is 2.74. The second-order valence-corrected chi connectivity index (χ2v) is 5.67. The fraction of sp³-hybridized carbons (Fsp3) is 0.692. The standard InChI is InChI=1S/C13H22N4O2.HI/c1-13(2,3)18-9-11-7-10(16-19-11)8-15-12-14-5-6-17(12)4;/h7H,5-6,8-9H2,1-4H3,(H,14,15);1H. The molecule has 0 saturated heterocycles. The van der Waals surface area contributed by atoms with E-state index in [1.54, 1.807) is 0 Å². The molecular formula is C13H23IN4O2. The number of ether oxygens (including phenoxy) is 1. The van der Waals surface area contributed by atoms with E-state index in [1.165, 1.54) is 0 Å². The molecule has 0 unspecified atom stereocenters. The number of aliphatic imine (C=N–C) groups is 1. The van der Waals surface area contributed by atoms with Gasteiger partial charge in [0.1, 0.15) is 12.3 Å². The first-order valence-electron chi connectivity index (χ1n) is 6.52. The normalized spacial score (nSPS) is 15.0. The van der Waals surface area contributed by atoms with E-state index in [9.17, 15) is 0 Å². The van der Waals surface area contributed by atoms with E-state index < -0.39 is 0 Å². The van der Waals surface area contributed by atoms with Gasteiger partial charge in [0.2, 0.25) is 0 Å². The van der Waals surface area contributed by atoms with Crippen LogP contribution in [0.25, 0.3) is 0 Å². The summed E-state index contributed by atoms with van der Waals surface area (Å²) in [5.41, 5.74) is 0.683. The fourth-order valence-corrected chi connectivity index (χ4v) is 1.69. The minimum absolute atomic E-state index is 0. The lowest BCUT2D eigenvalue weighted by Gasteiger charge is -2.17. The number of hydrogen-bond donors (Lipinski definition) is 1. The van der Waals surface area contributed by atoms with Gasteiger partial charge in [0, 0.05) is 19.7 Å². The van der Waals surface area contributed by atoms with Crippen LogP contribution in [0.5, 0.6) is 0 Å². The SMILES string of the molecule is CN1CCN=C1NCc1cc(COC(C)(C)C)on1.I. The summed E-state index contributed by atoms with van der Waals surface area (Å²) in [4.78, 5) is 6.44. The minimum atomic E-state index is -0.174. The van der Waals surface area contributed by atoms with Crippen LogP contribution in [-0.4, -0.2) is 41.8 Å². The van der Waals surface area contributed by atoms with Crippen LogP contribution in [-0.2, 0) is 17.9 Å². The third kappa shape index (κ3) is 5.28. The zero-order valence-corrected chi connectivity index (χ0v) is 14.8. The molecule has 0 saturated carbocycles. The number of guanidine groups is 1. The highest BCUT2D eigenvalue weighted by Gasteiger charge is 2.14. The Kier molecular flexibility index (Phi) is 6.25. The molecule has 114 valence electrons. The molecule has 0 fully saturated rings. The van der Waals surface area contributed by atoms with Crippen molar-refractivity contribution in [3.8, 4) is 0 Å². The highest BCUT2D eigenvalue weighted by Crippen LogP contribution is 2.12. The Hall–Kier alpha value is -0.830. The van der Waals surface area contributed by atoms with Gasteiger partial charge >= 0.3 is 0 Å². The number of rotatable bonds is 4. The summed E-state index contributed by atoms with van der Waals surface area (Å²) in [6, 6.07) is 1.91. The van der Waals surface area contributed by atoms with E-state index in [0.717, 1.165) is 30.5 Å². The number of halogens is 1. The zero-order chi connectivity index (χ0) is 13.9. The van der Waals surface area contributed by atoms with Crippen molar-refractivity contribution >= 4 is 29.9 Å². The lowest BCUT2D eigenvalue weighted by atomic mass is 10.2. The molecule has 7 heteroatoms. The quantitative estimate of drug-likeness (QED) is 0.792. The molecule has 0 aromatic carbocycles. The Labute approximate surface area is 137 Å². The van der Waals surface area contributed by atoms with Crippen molar-refractivity contribution in [2.75, 3.05) is 20.1 Å². The molecule has 2 heterocycles. The number of hydrogen-bond acceptors (Lipinski definition) is 6. The predicted octanol–water partition coefficient (Wildman–Crippen LogP) is 2.00. The van der Waals surface area contributed by atoms with Gasteiger partial charge in [-0.1, -0.05) is 5.16 Å². The first-order chi connectivity index (χ1) is 8.94. The number of nitrogens with zero attached hydrogens (tertiary/aromatic N) is 3. The summed E-state index contributed by atoms with van der Waals surface area (Å²) in [6.45, 7) is 8.91. The first kappa shape index (κ1) is 17.2. The molecule has 1 aliphatic heterocycles. The molecule has 0 atom stereocenters. The lowest BCUT2D eigenvalue weighted by molar-refractivity contribution is -0.0241. The van der Waals surface area contributed by atoms with Crippen molar-refractivity contribution in [2.45, 2.75) is 39.5 Å². The maximum atomic E-state index is 5.64. The van der Waals surface area contributed by atoms with Crippen LogP contribution >= 0.6 is 24.0 Å². The Morgan fingerprint density at radius 2 is 2.20 bits per heavy atom. The molecule has 1 aromatic heterocycles. The number of likely N-dealkylation sites (N-methyl/N-ethyl adjacent to an activating group) is 1. The van der Waals surface area contributed by atoms with Gasteiger partial charge in [-0.2, -0.15) is 0 Å². The second kappa shape index (κ2) is 7.26. The van der Waals surface area contributed by atoms with E-state index in [-0.39, 0.29) is 29.6 Å². The maximum Gasteiger partial charge on any atom is 0.194 e. The Bertz CT molecular complexity index is 453. The molecule has 0 radical (unpaired) electrons. The molecule has 1 aliphatic rings. The molecule has 20 heavy (non-hydrogen) atoms. The topological polar surface area (TPSA) is 62.9 Å². The van der Waals surface area contributed by atoms with Crippen molar-refractivity contribution in [1.82, 2.24) is 15.4 Å². The van der Waals surface area contributed by atoms with Gasteiger partial charge < -0.3 is 19.5 Å². The van der Waals surface area contributed by atoms with Crippen LogP contribution < -0.4 is 5.32 Å². The van der Waals surface area contributed by atoms with E-state index >= 15 is 0 Å². The average Bonchev–Trinajstić information content (AvgIpc) is 2.92. The van der Waals surface area contributed by atoms with Gasteiger partial charge in [-0.25, -0.2) is 0 Å². The summed E-state index contributed by atoms with van der Waals surface area (Å²) in [6.07, 6.45) is 0. The van der Waals surface area contributed by atoms with Crippen molar-refractivity contribution in [3.05, 3.63) is 17.5 Å². The van der Waals surface area contributed by atoms with Gasteiger partial charge in [-0.05, 0) is 20.8 Å². The highest BCUT2D eigenvalue weighted by atomic mass is 127. The first-order valence-corrected chi connectivity index (χ1v) is 6.52. The van der Waals surface area contributed by atoms with Crippen molar-refractivity contribution in [2.24, 2.45) is 4.99 Å². The van der Waals surface area contributed by atoms with Crippen LogP contribution in [0.2, 0.25) is 0 Å². The lowest BCUT2D eigenvalue weighted by Crippen LogP contribution is -2.35. The van der Waals surface area contributed by atoms with Gasteiger partial charge in [0.05, 0.1) is 18.7 Å². The van der Waals surface area contributed by atoms with Gasteiger partial charge in [-0.15, -0.1) is 24.0 Å². The molecule has 0 bridgehead atoms. The van der Waals surface area contributed by atoms with Crippen LogP contribution in [0.15, 0.2) is 15.6 Å². The largest absolute Gasteiger partial charge is 0.368 e. The molecule has 0 amide bonds. The summed E-state index contributed by atoms with van der Waals surface area (Å²) in [7, 11) is 2.02. The van der Waals surface area contributed by atoms with E-state index in [1.807, 2.05) is 33.9 Å². The molecule has 0 spiro atoms. The predicted molar refractivity (Wildman–Crippen MR) is 88.2 cm³/mol. The van der Waals surface area contributed by atoms with Crippen molar-refractivity contribution in [1.29, 1.82) is 0 Å². The molecule has 2 rings (SSSR count). The molecular weight excluding hydrogens is 371 g/mol. The molecule has 6 nitrogen and oxygen atoms in total. The Morgan fingerprint density at radius 3 is 2.80 bits per heavy atom. The van der Waals surface area contributed by atoms with Gasteiger partial charge in [0.15, 0.2) is 11.7 Å². The summed E-state index contributed by atoms with van der Waals surface area (Å²) in [5.74, 6) is 1.66. The summed E-state index contributed by atoms with van der Waals surface area (Å²) in [5, 5.41) is 7.26. The average molecular weight is 394 g/mol. The van der Waals surface area contributed by atoms with E-state index in [2.05, 4.69) is 20.4 Å². The zero-order valence-electron chi connectivity index (χ0n) is 12.5. The second-order valence-electron chi connectivity index (χ2n) is 5.67. The van der Waals surface area contributed by atoms with Crippen LogP contribution in [0.1, 0.15) is 32.2 Å². The molecule has 1 N–H and O–H groups in total. The Balaban J connectivity index is 0.00000200. The number of aromatic nitrogens is 1. The van der Waals surface area contributed by atoms with Crippen molar-refractivity contribution in [3.63, 3.8) is 0 Å². The van der Waals surface area contributed by atoms with Gasteiger partial charge in [-0.3, -0.25) is 4.99 Å². The van der Waals surface area contributed by atoms with Crippen molar-refractivity contribution < 1.29 is 9.26 Å². The van der Waals surface area contributed by atoms with Crippen LogP contribution in [0.4, 0.5) is 0 Å². The smallest absolute Gasteiger partial charge is 0.194 e. The number of nitrogens with one attached hydrogen (secondary N) is 1. The van der Waals surface area contributed by atoms with E-state index in [0.29, 0.717) is 13.2 Å². The summed E-state index contributed by atoms with van der Waals surface area (Å²) < 4.78 is 10.9. The highest BCUT2D eigenvalue weighted by molar-refractivity contribution is 14.0. The molecule has 1 aromatic rings. The maximum absolute atomic E-state index is 5.64. The van der Waals surface area contributed by atoms with Crippen LogP contribution in [0, 0.1) is 0 Å². The fourth-order valence-electron chi connectivity index (χ4n) is 1.69. The monoisotopic (exact) mass is 394 g/mol. The Morgan fingerprint density at radius 1 is 1.45 bits per heavy atom. The van der Waals surface area contributed by atoms with E-state index in [4.69, 9.17) is 9.26 Å². The summed E-state index contributed by atoms with van der Waals surface area (Å²) >= 11 is 0. The molecule has 0 aliphatic carbocycles. The van der Waals surface area contributed by atoms with Gasteiger partial charge in [0.25, 0.3) is 0 Å². The van der Waals surface area contributed by atoms with Crippen LogP contribution in [0.3, 0.4) is 0 Å². The minimum Gasteiger partial charge on any atom is -0.368 e. The third-order valence-corrected chi connectivity index (χ3v) is 2.74.